The molecule has 1 fully saturated rings. The maximum absolute atomic E-state index is 13.2. The van der Waals surface area contributed by atoms with Crippen LogP contribution in [0.2, 0.25) is 0 Å². The molecule has 0 aliphatic carbocycles. The number of hydrogen-bond acceptors (Lipinski definition) is 6. The van der Waals surface area contributed by atoms with Crippen LogP contribution in [0, 0.1) is 5.92 Å². The highest BCUT2D eigenvalue weighted by atomic mass is 19.3. The zero-order valence-electron chi connectivity index (χ0n) is 17.6. The van der Waals surface area contributed by atoms with Crippen molar-refractivity contribution in [1.82, 2.24) is 15.2 Å². The summed E-state index contributed by atoms with van der Waals surface area (Å²) in [6.07, 6.45) is 0.0918. The van der Waals surface area contributed by atoms with Crippen LogP contribution in [-0.2, 0) is 16.0 Å². The summed E-state index contributed by atoms with van der Waals surface area (Å²) in [5.74, 6) is -0.877. The molecular weight excluding hydrogens is 424 g/mol. The summed E-state index contributed by atoms with van der Waals surface area (Å²) in [5, 5.41) is 2.75. The molecule has 10 heteroatoms. The molecule has 3 amide bonds. The summed E-state index contributed by atoms with van der Waals surface area (Å²) in [6, 6.07) is 6.41. The number of β-lactam (4-membered cyclic amide) rings is 1. The van der Waals surface area contributed by atoms with Gasteiger partial charge in [0.1, 0.15) is 0 Å². The van der Waals surface area contributed by atoms with Gasteiger partial charge in [0.05, 0.1) is 24.6 Å². The second-order valence-electron chi connectivity index (χ2n) is 7.65. The van der Waals surface area contributed by atoms with Gasteiger partial charge in [-0.05, 0) is 49.6 Å². The van der Waals surface area contributed by atoms with Crippen molar-refractivity contribution in [3.05, 3.63) is 53.9 Å². The standard InChI is InChI=1S/C22H23F2N3O5/c1-3-30-12-17-16(9-14-5-4-8-25-11-14)20(28)27(17)21(29)26-13(2)15-6-7-18-19(10-15)32-22(23,24)31-18/h4-8,10-11,13,16-17H,3,9,12H2,1-2H3,(H,26,29)/t13?,16-,17?/m1/s1. The monoisotopic (exact) mass is 447 g/mol. The minimum atomic E-state index is -3.71. The second-order valence-corrected chi connectivity index (χ2v) is 7.65. The molecule has 8 nitrogen and oxygen atoms in total. The Balaban J connectivity index is 1.43. The molecule has 170 valence electrons. The summed E-state index contributed by atoms with van der Waals surface area (Å²) in [5.41, 5.74) is 1.43. The minimum absolute atomic E-state index is 0.0785. The largest absolute Gasteiger partial charge is 0.586 e. The average Bonchev–Trinajstić information content (AvgIpc) is 3.08. The summed E-state index contributed by atoms with van der Waals surface area (Å²) in [4.78, 5) is 30.9. The molecule has 3 atom stereocenters. The van der Waals surface area contributed by atoms with Gasteiger partial charge in [0.25, 0.3) is 0 Å². The smallest absolute Gasteiger partial charge is 0.395 e. The third kappa shape index (κ3) is 4.36. The van der Waals surface area contributed by atoms with Gasteiger partial charge < -0.3 is 19.5 Å². The van der Waals surface area contributed by atoms with Gasteiger partial charge in [0, 0.05) is 19.0 Å². The van der Waals surface area contributed by atoms with E-state index in [9.17, 15) is 18.4 Å². The number of hydrogen-bond donors (Lipinski definition) is 1. The number of rotatable bonds is 7. The number of nitrogens with one attached hydrogen (secondary N) is 1. The van der Waals surface area contributed by atoms with Gasteiger partial charge >= 0.3 is 12.3 Å². The van der Waals surface area contributed by atoms with Crippen molar-refractivity contribution in [2.75, 3.05) is 13.2 Å². The first kappa shape index (κ1) is 21.9. The summed E-state index contributed by atoms with van der Waals surface area (Å²) in [7, 11) is 0. The number of amides is 3. The molecule has 2 aliphatic heterocycles. The fourth-order valence-electron chi connectivity index (χ4n) is 3.85. The highest BCUT2D eigenvalue weighted by Crippen LogP contribution is 2.42. The van der Waals surface area contributed by atoms with E-state index in [-0.39, 0.29) is 29.9 Å². The van der Waals surface area contributed by atoms with Crippen molar-refractivity contribution < 1.29 is 32.6 Å². The van der Waals surface area contributed by atoms with Crippen LogP contribution >= 0.6 is 0 Å². The number of alkyl halides is 2. The van der Waals surface area contributed by atoms with E-state index in [1.54, 1.807) is 31.5 Å². The third-order valence-electron chi connectivity index (χ3n) is 5.51. The Kier molecular flexibility index (Phi) is 5.96. The molecule has 2 aliphatic rings. The molecule has 32 heavy (non-hydrogen) atoms. The van der Waals surface area contributed by atoms with E-state index in [1.165, 1.54) is 12.1 Å². The van der Waals surface area contributed by atoms with Crippen LogP contribution in [0.3, 0.4) is 0 Å². The SMILES string of the molecule is CCOCC1[C@@H](Cc2cccnc2)C(=O)N1C(=O)NC(C)c1ccc2c(c1)OC(F)(F)O2. The highest BCUT2D eigenvalue weighted by molar-refractivity contribution is 6.01. The molecule has 1 saturated heterocycles. The Morgan fingerprint density at radius 2 is 2.09 bits per heavy atom. The Hall–Kier alpha value is -3.27. The lowest BCUT2D eigenvalue weighted by Crippen LogP contribution is -2.67. The number of likely N-dealkylation sites (tertiary alicyclic amines) is 1. The lowest BCUT2D eigenvalue weighted by molar-refractivity contribution is -0.286. The van der Waals surface area contributed by atoms with Gasteiger partial charge in [-0.2, -0.15) is 0 Å². The number of aromatic nitrogens is 1. The summed E-state index contributed by atoms with van der Waals surface area (Å²) in [6.45, 7) is 4.21. The first-order valence-corrected chi connectivity index (χ1v) is 10.3. The molecule has 1 N–H and O–H groups in total. The highest BCUT2D eigenvalue weighted by Gasteiger charge is 2.50. The lowest BCUT2D eigenvalue weighted by atomic mass is 9.83. The Morgan fingerprint density at radius 3 is 2.81 bits per heavy atom. The predicted octanol–water partition coefficient (Wildman–Crippen LogP) is 3.28. The molecule has 0 spiro atoms. The third-order valence-corrected chi connectivity index (χ3v) is 5.51. The van der Waals surface area contributed by atoms with E-state index in [0.717, 1.165) is 10.5 Å². The number of nitrogens with zero attached hydrogens (tertiary/aromatic N) is 2. The van der Waals surface area contributed by atoms with E-state index < -0.39 is 24.4 Å². The topological polar surface area (TPSA) is 90.0 Å². The molecule has 0 radical (unpaired) electrons. The molecule has 0 bridgehead atoms. The molecule has 2 aromatic rings. The summed E-state index contributed by atoms with van der Waals surface area (Å²) < 4.78 is 40.8. The first-order chi connectivity index (χ1) is 15.3. The number of pyridine rings is 1. The lowest BCUT2D eigenvalue weighted by Gasteiger charge is -2.45. The summed E-state index contributed by atoms with van der Waals surface area (Å²) >= 11 is 0. The maximum Gasteiger partial charge on any atom is 0.586 e. The number of benzene rings is 1. The van der Waals surface area contributed by atoms with Crippen LogP contribution in [-0.4, -0.2) is 47.4 Å². The number of carbonyl (C=O) groups is 2. The van der Waals surface area contributed by atoms with E-state index in [1.807, 2.05) is 13.0 Å². The molecule has 1 aromatic heterocycles. The molecule has 4 rings (SSSR count). The van der Waals surface area contributed by atoms with Gasteiger partial charge in [-0.3, -0.25) is 14.7 Å². The predicted molar refractivity (Wildman–Crippen MR) is 108 cm³/mol. The molecule has 2 unspecified atom stereocenters. The zero-order valence-corrected chi connectivity index (χ0v) is 17.6. The Labute approximate surface area is 183 Å². The number of fused-ring (bicyclic) bond motifs is 1. The van der Waals surface area contributed by atoms with Gasteiger partial charge in [0.2, 0.25) is 5.91 Å². The van der Waals surface area contributed by atoms with E-state index in [0.29, 0.717) is 18.6 Å². The van der Waals surface area contributed by atoms with Crippen molar-refractivity contribution in [2.24, 2.45) is 5.92 Å². The van der Waals surface area contributed by atoms with Crippen molar-refractivity contribution in [3.63, 3.8) is 0 Å². The van der Waals surface area contributed by atoms with Crippen molar-refractivity contribution in [1.29, 1.82) is 0 Å². The molecule has 0 saturated carbocycles. The first-order valence-electron chi connectivity index (χ1n) is 10.3. The van der Waals surface area contributed by atoms with Crippen LogP contribution in [0.5, 0.6) is 11.5 Å². The van der Waals surface area contributed by atoms with Crippen LogP contribution in [0.1, 0.15) is 31.0 Å². The van der Waals surface area contributed by atoms with Crippen LogP contribution in [0.4, 0.5) is 13.6 Å². The fraction of sp³-hybridized carbons (Fsp3) is 0.409. The second kappa shape index (κ2) is 8.70. The van der Waals surface area contributed by atoms with E-state index in [4.69, 9.17) is 4.74 Å². The van der Waals surface area contributed by atoms with Crippen molar-refractivity contribution in [2.45, 2.75) is 38.6 Å². The Bertz CT molecular complexity index is 1000. The maximum atomic E-state index is 13.2. The normalized spacial score (nSPS) is 21.8. The fourth-order valence-corrected chi connectivity index (χ4v) is 3.85. The quantitative estimate of drug-likeness (QED) is 0.656. The van der Waals surface area contributed by atoms with Crippen LogP contribution < -0.4 is 14.8 Å². The Morgan fingerprint density at radius 1 is 1.31 bits per heavy atom. The van der Waals surface area contributed by atoms with Crippen LogP contribution in [0.25, 0.3) is 0 Å². The van der Waals surface area contributed by atoms with Gasteiger partial charge in [-0.25, -0.2) is 4.79 Å². The number of urea groups is 1. The molecule has 1 aromatic carbocycles. The number of imide groups is 1. The molecular formula is C22H23F2N3O5. The number of carbonyl (C=O) groups excluding carboxylic acids is 2. The van der Waals surface area contributed by atoms with Gasteiger partial charge in [-0.1, -0.05) is 12.1 Å². The van der Waals surface area contributed by atoms with Gasteiger partial charge in [-0.15, -0.1) is 8.78 Å². The average molecular weight is 447 g/mol. The minimum Gasteiger partial charge on any atom is -0.395 e. The number of ether oxygens (including phenoxy) is 3. The van der Waals surface area contributed by atoms with Crippen LogP contribution in [0.15, 0.2) is 42.7 Å². The zero-order chi connectivity index (χ0) is 22.9. The van der Waals surface area contributed by atoms with E-state index >= 15 is 0 Å². The molecule has 3 heterocycles. The van der Waals surface area contributed by atoms with Crippen molar-refractivity contribution >= 4 is 11.9 Å². The van der Waals surface area contributed by atoms with Crippen molar-refractivity contribution in [3.8, 4) is 11.5 Å². The number of halogens is 2. The van der Waals surface area contributed by atoms with Gasteiger partial charge in [0.15, 0.2) is 11.5 Å². The van der Waals surface area contributed by atoms with E-state index in [2.05, 4.69) is 19.8 Å².